The normalized spacial score (nSPS) is 14.0. The number of benzene rings is 2. The van der Waals surface area contributed by atoms with E-state index in [0.717, 1.165) is 11.4 Å². The Morgan fingerprint density at radius 1 is 0.933 bits per heavy atom. The number of nitrogens with two attached hydrogens (primary N) is 1. The first-order chi connectivity index (χ1) is 14.6. The van der Waals surface area contributed by atoms with E-state index in [-0.39, 0.29) is 12.5 Å². The number of primary amides is 1. The minimum atomic E-state index is -0.459. The molecule has 8 heteroatoms. The van der Waals surface area contributed by atoms with Crippen LogP contribution in [0.15, 0.2) is 60.7 Å². The van der Waals surface area contributed by atoms with E-state index in [9.17, 15) is 14.7 Å². The standard InChI is InChI=1S/C22H23N5O3/c23-21(29)16-5-4-8-19(13-16)25-9-11-26(12-10-25)22(30)20-14-17(15-28)24-27(20)18-6-2-1-3-7-18/h1-8,13-14,28H,9-12,15H2,(H2,23,29). The topological polar surface area (TPSA) is 105 Å². The Kier molecular flexibility index (Phi) is 5.49. The summed E-state index contributed by atoms with van der Waals surface area (Å²) in [5.74, 6) is -0.587. The Morgan fingerprint density at radius 3 is 2.30 bits per heavy atom. The molecule has 1 aromatic heterocycles. The molecule has 0 aliphatic carbocycles. The predicted molar refractivity (Wildman–Crippen MR) is 113 cm³/mol. The average Bonchev–Trinajstić information content (AvgIpc) is 3.24. The Morgan fingerprint density at radius 2 is 1.63 bits per heavy atom. The molecule has 3 N–H and O–H groups in total. The zero-order valence-corrected chi connectivity index (χ0v) is 16.4. The highest BCUT2D eigenvalue weighted by molar-refractivity contribution is 5.94. The van der Waals surface area contributed by atoms with Crippen LogP contribution in [0.2, 0.25) is 0 Å². The molecule has 0 radical (unpaired) electrons. The van der Waals surface area contributed by atoms with Gasteiger partial charge in [-0.15, -0.1) is 0 Å². The first-order valence-electron chi connectivity index (χ1n) is 9.76. The Balaban J connectivity index is 1.51. The van der Waals surface area contributed by atoms with E-state index in [2.05, 4.69) is 10.00 Å². The first-order valence-corrected chi connectivity index (χ1v) is 9.76. The van der Waals surface area contributed by atoms with Crippen molar-refractivity contribution in [3.63, 3.8) is 0 Å². The van der Waals surface area contributed by atoms with Gasteiger partial charge in [0.25, 0.3) is 5.91 Å². The lowest BCUT2D eigenvalue weighted by Gasteiger charge is -2.36. The Hall–Kier alpha value is -3.65. The Labute approximate surface area is 174 Å². The molecule has 154 valence electrons. The molecule has 1 fully saturated rings. The maximum atomic E-state index is 13.2. The largest absolute Gasteiger partial charge is 0.390 e. The van der Waals surface area contributed by atoms with Gasteiger partial charge in [0.05, 0.1) is 18.0 Å². The Bertz CT molecular complexity index is 1060. The highest BCUT2D eigenvalue weighted by Crippen LogP contribution is 2.20. The fourth-order valence-corrected chi connectivity index (χ4v) is 3.61. The van der Waals surface area contributed by atoms with Crippen LogP contribution in [-0.4, -0.2) is 57.8 Å². The fourth-order valence-electron chi connectivity index (χ4n) is 3.61. The monoisotopic (exact) mass is 405 g/mol. The first kappa shape index (κ1) is 19.7. The molecule has 1 aliphatic heterocycles. The SMILES string of the molecule is NC(=O)c1cccc(N2CCN(C(=O)c3cc(CO)nn3-c3ccccc3)CC2)c1. The highest BCUT2D eigenvalue weighted by Gasteiger charge is 2.26. The maximum absolute atomic E-state index is 13.2. The second kappa shape index (κ2) is 8.38. The number of carbonyl (C=O) groups excluding carboxylic acids is 2. The van der Waals surface area contributed by atoms with Crippen molar-refractivity contribution in [3.8, 4) is 5.69 Å². The molecule has 30 heavy (non-hydrogen) atoms. The number of rotatable bonds is 5. The van der Waals surface area contributed by atoms with Gasteiger partial charge in [0.15, 0.2) is 0 Å². The number of piperazine rings is 1. The molecule has 0 atom stereocenters. The van der Waals surface area contributed by atoms with Crippen molar-refractivity contribution in [2.45, 2.75) is 6.61 Å². The van der Waals surface area contributed by atoms with E-state index in [4.69, 9.17) is 5.73 Å². The molecular weight excluding hydrogens is 382 g/mol. The number of anilines is 1. The van der Waals surface area contributed by atoms with Crippen molar-refractivity contribution in [2.75, 3.05) is 31.1 Å². The summed E-state index contributed by atoms with van der Waals surface area (Å²) in [7, 11) is 0. The van der Waals surface area contributed by atoms with Crippen LogP contribution >= 0.6 is 0 Å². The van der Waals surface area contributed by atoms with Gasteiger partial charge >= 0.3 is 0 Å². The third kappa shape index (κ3) is 3.90. The van der Waals surface area contributed by atoms with Crippen LogP contribution < -0.4 is 10.6 Å². The number of amides is 2. The number of para-hydroxylation sites is 1. The molecule has 2 aromatic carbocycles. The van der Waals surface area contributed by atoms with Crippen LogP contribution in [0.1, 0.15) is 26.5 Å². The number of hydrogen-bond acceptors (Lipinski definition) is 5. The molecular formula is C22H23N5O3. The van der Waals surface area contributed by atoms with Crippen LogP contribution in [0, 0.1) is 0 Å². The third-order valence-corrected chi connectivity index (χ3v) is 5.20. The minimum Gasteiger partial charge on any atom is -0.390 e. The zero-order valence-electron chi connectivity index (χ0n) is 16.4. The molecule has 2 heterocycles. The summed E-state index contributed by atoms with van der Waals surface area (Å²) in [5.41, 5.74) is 8.40. The summed E-state index contributed by atoms with van der Waals surface area (Å²) in [6.45, 7) is 2.12. The van der Waals surface area contributed by atoms with Gasteiger partial charge in [-0.3, -0.25) is 9.59 Å². The molecule has 1 aliphatic rings. The van der Waals surface area contributed by atoms with E-state index >= 15 is 0 Å². The highest BCUT2D eigenvalue weighted by atomic mass is 16.3. The van der Waals surface area contributed by atoms with Gasteiger partial charge in [-0.05, 0) is 36.4 Å². The molecule has 8 nitrogen and oxygen atoms in total. The average molecular weight is 405 g/mol. The van der Waals surface area contributed by atoms with E-state index < -0.39 is 5.91 Å². The second-order valence-corrected chi connectivity index (χ2v) is 7.12. The molecule has 3 aromatic rings. The molecule has 0 saturated carbocycles. The van der Waals surface area contributed by atoms with Crippen molar-refractivity contribution in [3.05, 3.63) is 77.6 Å². The van der Waals surface area contributed by atoms with Gasteiger partial charge in [-0.25, -0.2) is 4.68 Å². The summed E-state index contributed by atoms with van der Waals surface area (Å²) in [5, 5.41) is 13.9. The molecule has 2 amide bonds. The van der Waals surface area contributed by atoms with Crippen LogP contribution in [0.3, 0.4) is 0 Å². The number of aliphatic hydroxyl groups is 1. The van der Waals surface area contributed by atoms with E-state index in [0.29, 0.717) is 43.1 Å². The number of aliphatic hydroxyl groups excluding tert-OH is 1. The van der Waals surface area contributed by atoms with Gasteiger partial charge in [0, 0.05) is 37.4 Å². The minimum absolute atomic E-state index is 0.128. The summed E-state index contributed by atoms with van der Waals surface area (Å²) in [6.07, 6.45) is 0. The maximum Gasteiger partial charge on any atom is 0.272 e. The van der Waals surface area contributed by atoms with Gasteiger partial charge in [0.2, 0.25) is 5.91 Å². The summed E-state index contributed by atoms with van der Waals surface area (Å²) in [6, 6.07) is 18.2. The quantitative estimate of drug-likeness (QED) is 0.668. The van der Waals surface area contributed by atoms with Crippen LogP contribution in [0.5, 0.6) is 0 Å². The molecule has 4 rings (SSSR count). The van der Waals surface area contributed by atoms with Crippen LogP contribution in [-0.2, 0) is 6.61 Å². The van der Waals surface area contributed by atoms with Crippen molar-refractivity contribution in [1.29, 1.82) is 0 Å². The van der Waals surface area contributed by atoms with Gasteiger partial charge in [0.1, 0.15) is 5.69 Å². The second-order valence-electron chi connectivity index (χ2n) is 7.12. The number of hydrogen-bond donors (Lipinski definition) is 2. The van der Waals surface area contributed by atoms with E-state index in [1.807, 2.05) is 42.5 Å². The summed E-state index contributed by atoms with van der Waals surface area (Å²) in [4.78, 5) is 28.6. The van der Waals surface area contributed by atoms with Gasteiger partial charge < -0.3 is 20.6 Å². The number of nitrogens with zero attached hydrogens (tertiary/aromatic N) is 4. The van der Waals surface area contributed by atoms with Crippen LogP contribution in [0.4, 0.5) is 5.69 Å². The lowest BCUT2D eigenvalue weighted by Crippen LogP contribution is -2.49. The van der Waals surface area contributed by atoms with Crippen molar-refractivity contribution < 1.29 is 14.7 Å². The van der Waals surface area contributed by atoms with Crippen molar-refractivity contribution >= 4 is 17.5 Å². The summed E-state index contributed by atoms with van der Waals surface area (Å²) >= 11 is 0. The lowest BCUT2D eigenvalue weighted by atomic mass is 10.1. The van der Waals surface area contributed by atoms with E-state index in [1.54, 1.807) is 27.8 Å². The van der Waals surface area contributed by atoms with Gasteiger partial charge in [-0.2, -0.15) is 5.10 Å². The zero-order chi connectivity index (χ0) is 21.1. The molecule has 0 spiro atoms. The third-order valence-electron chi connectivity index (χ3n) is 5.20. The predicted octanol–water partition coefficient (Wildman–Crippen LogP) is 1.43. The fraction of sp³-hybridized carbons (Fsp3) is 0.227. The number of aromatic nitrogens is 2. The smallest absolute Gasteiger partial charge is 0.272 e. The molecule has 0 unspecified atom stereocenters. The number of carbonyl (C=O) groups is 2. The summed E-state index contributed by atoms with van der Waals surface area (Å²) < 4.78 is 1.58. The van der Waals surface area contributed by atoms with Crippen molar-refractivity contribution in [1.82, 2.24) is 14.7 Å². The molecule has 1 saturated heterocycles. The molecule has 0 bridgehead atoms. The van der Waals surface area contributed by atoms with Crippen molar-refractivity contribution in [2.24, 2.45) is 5.73 Å². The van der Waals surface area contributed by atoms with E-state index in [1.165, 1.54) is 0 Å². The lowest BCUT2D eigenvalue weighted by molar-refractivity contribution is 0.0737. The van der Waals surface area contributed by atoms with Crippen LogP contribution in [0.25, 0.3) is 5.69 Å². The van der Waals surface area contributed by atoms with Gasteiger partial charge in [-0.1, -0.05) is 24.3 Å².